The van der Waals surface area contributed by atoms with Crippen LogP contribution in [0.5, 0.6) is 5.75 Å². The van der Waals surface area contributed by atoms with Crippen molar-refractivity contribution in [2.24, 2.45) is 0 Å². The van der Waals surface area contributed by atoms with Gasteiger partial charge < -0.3 is 20.3 Å². The first-order valence-corrected chi connectivity index (χ1v) is 11.0. The molecule has 35 heavy (non-hydrogen) atoms. The third-order valence-electron chi connectivity index (χ3n) is 5.22. The molecule has 0 bridgehead atoms. The molecule has 0 atom stereocenters. The maximum atomic E-state index is 13.1. The third-order valence-corrected chi connectivity index (χ3v) is 5.44. The fourth-order valence-electron chi connectivity index (χ4n) is 3.13. The van der Waals surface area contributed by atoms with Crippen LogP contribution >= 0.6 is 11.6 Å². The van der Waals surface area contributed by atoms with Gasteiger partial charge in [0, 0.05) is 47.6 Å². The second kappa shape index (κ2) is 11.2. The lowest BCUT2D eigenvalue weighted by molar-refractivity contribution is 0.102. The zero-order valence-corrected chi connectivity index (χ0v) is 20.2. The van der Waals surface area contributed by atoms with Gasteiger partial charge in [0.05, 0.1) is 18.4 Å². The Hall–Kier alpha value is -4.35. The highest BCUT2D eigenvalue weighted by atomic mass is 35.5. The number of hydrogen-bond acceptors (Lipinski definition) is 5. The normalized spacial score (nSPS) is 10.1. The molecule has 178 valence electrons. The highest BCUT2D eigenvalue weighted by molar-refractivity contribution is 6.31. The SMILES string of the molecule is C#Cc1ccc(NC(=O)c2cc(Cl)cc(OC)c2NC(=O)c2ccc(C(=N)N(C)CC)cc2)nc1. The molecular weight excluding hydrogens is 466 g/mol. The third kappa shape index (κ3) is 5.96. The number of halogens is 1. The molecule has 3 N–H and O–H groups in total. The Morgan fingerprint density at radius 1 is 1.11 bits per heavy atom. The van der Waals surface area contributed by atoms with Gasteiger partial charge in [-0.2, -0.15) is 0 Å². The number of methoxy groups -OCH3 is 1. The van der Waals surface area contributed by atoms with Gasteiger partial charge in [-0.25, -0.2) is 4.98 Å². The summed E-state index contributed by atoms with van der Waals surface area (Å²) in [4.78, 5) is 32.0. The summed E-state index contributed by atoms with van der Waals surface area (Å²) in [6, 6.07) is 12.8. The number of pyridine rings is 1. The minimum atomic E-state index is -0.548. The van der Waals surface area contributed by atoms with Crippen molar-refractivity contribution in [1.29, 1.82) is 5.41 Å². The molecule has 1 heterocycles. The van der Waals surface area contributed by atoms with Crippen LogP contribution in [0.4, 0.5) is 11.5 Å². The molecular formula is C26H24ClN5O3. The van der Waals surface area contributed by atoms with E-state index in [9.17, 15) is 9.59 Å². The Morgan fingerprint density at radius 2 is 1.80 bits per heavy atom. The van der Waals surface area contributed by atoms with Crippen molar-refractivity contribution in [2.45, 2.75) is 6.92 Å². The van der Waals surface area contributed by atoms with Gasteiger partial charge in [-0.05, 0) is 37.3 Å². The lowest BCUT2D eigenvalue weighted by Gasteiger charge is -2.18. The van der Waals surface area contributed by atoms with Crippen LogP contribution in [0.1, 0.15) is 38.8 Å². The summed E-state index contributed by atoms with van der Waals surface area (Å²) in [5.41, 5.74) is 1.84. The second-order valence-corrected chi connectivity index (χ2v) is 7.89. The average molecular weight is 490 g/mol. The van der Waals surface area contributed by atoms with Crippen molar-refractivity contribution >= 4 is 40.8 Å². The van der Waals surface area contributed by atoms with E-state index in [0.717, 1.165) is 0 Å². The number of carbonyl (C=O) groups is 2. The number of carbonyl (C=O) groups excluding carboxylic acids is 2. The number of rotatable bonds is 7. The van der Waals surface area contributed by atoms with Gasteiger partial charge in [-0.1, -0.05) is 29.7 Å². The first kappa shape index (κ1) is 25.3. The van der Waals surface area contributed by atoms with E-state index in [2.05, 4.69) is 21.5 Å². The smallest absolute Gasteiger partial charge is 0.259 e. The Kier molecular flexibility index (Phi) is 8.08. The number of hydrogen-bond donors (Lipinski definition) is 3. The van der Waals surface area contributed by atoms with E-state index in [1.54, 1.807) is 41.3 Å². The molecule has 2 aromatic carbocycles. The van der Waals surface area contributed by atoms with E-state index in [0.29, 0.717) is 29.1 Å². The number of aromatic nitrogens is 1. The molecule has 0 saturated heterocycles. The molecule has 2 amide bonds. The molecule has 0 aliphatic heterocycles. The van der Waals surface area contributed by atoms with Gasteiger partial charge in [0.25, 0.3) is 11.8 Å². The Bertz CT molecular complexity index is 1300. The quantitative estimate of drug-likeness (QED) is 0.257. The first-order chi connectivity index (χ1) is 16.8. The molecule has 0 unspecified atom stereocenters. The van der Waals surface area contributed by atoms with Crippen molar-refractivity contribution in [1.82, 2.24) is 9.88 Å². The van der Waals surface area contributed by atoms with Crippen LogP contribution in [-0.2, 0) is 0 Å². The minimum absolute atomic E-state index is 0.0912. The Morgan fingerprint density at radius 3 is 2.37 bits per heavy atom. The van der Waals surface area contributed by atoms with Crippen molar-refractivity contribution in [3.63, 3.8) is 0 Å². The molecule has 3 rings (SSSR count). The predicted octanol–water partition coefficient (Wildman–Crippen LogP) is 4.51. The predicted molar refractivity (Wildman–Crippen MR) is 138 cm³/mol. The summed E-state index contributed by atoms with van der Waals surface area (Å²) in [5, 5.41) is 13.9. The Labute approximate surface area is 208 Å². The molecule has 0 radical (unpaired) electrons. The van der Waals surface area contributed by atoms with Gasteiger partial charge in [-0.15, -0.1) is 6.42 Å². The average Bonchev–Trinajstić information content (AvgIpc) is 2.88. The number of terminal acetylenes is 1. The summed E-state index contributed by atoms with van der Waals surface area (Å²) in [6.07, 6.45) is 6.80. The number of amidine groups is 1. The topological polar surface area (TPSA) is 107 Å². The van der Waals surface area contributed by atoms with E-state index < -0.39 is 11.8 Å². The standard InChI is InChI=1S/C26H24ClN5O3/c1-5-16-7-12-22(29-15-16)30-26(34)20-13-19(27)14-21(35-4)23(20)31-25(33)18-10-8-17(9-11-18)24(28)32(3)6-2/h1,7-15,28H,6H2,2-4H3,(H,31,33)(H,29,30,34). The van der Waals surface area contributed by atoms with Gasteiger partial charge in [0.1, 0.15) is 17.4 Å². The molecule has 0 spiro atoms. The number of nitrogens with zero attached hydrogens (tertiary/aromatic N) is 2. The van der Waals surface area contributed by atoms with Crippen LogP contribution < -0.4 is 15.4 Å². The summed E-state index contributed by atoms with van der Waals surface area (Å²) in [7, 11) is 3.23. The number of ether oxygens (including phenoxy) is 1. The monoisotopic (exact) mass is 489 g/mol. The van der Waals surface area contributed by atoms with Crippen LogP contribution in [0.15, 0.2) is 54.7 Å². The van der Waals surface area contributed by atoms with Gasteiger partial charge in [0.15, 0.2) is 0 Å². The first-order valence-electron chi connectivity index (χ1n) is 10.6. The molecule has 1 aromatic heterocycles. The largest absolute Gasteiger partial charge is 0.494 e. The van der Waals surface area contributed by atoms with Crippen LogP contribution in [0.3, 0.4) is 0 Å². The van der Waals surface area contributed by atoms with Crippen LogP contribution in [0.2, 0.25) is 5.02 Å². The van der Waals surface area contributed by atoms with Gasteiger partial charge in [-0.3, -0.25) is 15.0 Å². The summed E-state index contributed by atoms with van der Waals surface area (Å²) in [6.45, 7) is 2.64. The zero-order chi connectivity index (χ0) is 25.5. The van der Waals surface area contributed by atoms with E-state index in [-0.39, 0.29) is 27.8 Å². The van der Waals surface area contributed by atoms with E-state index in [1.165, 1.54) is 25.4 Å². The summed E-state index contributed by atoms with van der Waals surface area (Å²) >= 11 is 6.19. The van der Waals surface area contributed by atoms with E-state index in [4.69, 9.17) is 28.2 Å². The van der Waals surface area contributed by atoms with Crippen molar-refractivity contribution in [3.8, 4) is 18.1 Å². The lowest BCUT2D eigenvalue weighted by atomic mass is 10.1. The molecule has 3 aromatic rings. The lowest BCUT2D eigenvalue weighted by Crippen LogP contribution is -2.26. The van der Waals surface area contributed by atoms with Crippen LogP contribution in [0.25, 0.3) is 0 Å². The molecule has 0 saturated carbocycles. The van der Waals surface area contributed by atoms with Gasteiger partial charge in [0.2, 0.25) is 0 Å². The van der Waals surface area contributed by atoms with E-state index >= 15 is 0 Å². The number of anilines is 2. The highest BCUT2D eigenvalue weighted by Gasteiger charge is 2.21. The molecule has 0 aliphatic carbocycles. The summed E-state index contributed by atoms with van der Waals surface area (Å²) < 4.78 is 5.37. The van der Waals surface area contributed by atoms with Gasteiger partial charge >= 0.3 is 0 Å². The highest BCUT2D eigenvalue weighted by Crippen LogP contribution is 2.33. The number of benzene rings is 2. The fourth-order valence-corrected chi connectivity index (χ4v) is 3.34. The fraction of sp³-hybridized carbons (Fsp3) is 0.154. The van der Waals surface area contributed by atoms with Crippen LogP contribution in [-0.4, -0.2) is 48.2 Å². The number of amides is 2. The maximum Gasteiger partial charge on any atom is 0.259 e. The summed E-state index contributed by atoms with van der Waals surface area (Å²) in [5.74, 6) is 2.29. The van der Waals surface area contributed by atoms with Crippen molar-refractivity contribution in [3.05, 3.63) is 82.0 Å². The van der Waals surface area contributed by atoms with Crippen LogP contribution in [0, 0.1) is 17.8 Å². The molecule has 0 fully saturated rings. The molecule has 0 aliphatic rings. The van der Waals surface area contributed by atoms with Crippen molar-refractivity contribution < 1.29 is 14.3 Å². The number of nitrogens with one attached hydrogen (secondary N) is 3. The minimum Gasteiger partial charge on any atom is -0.494 e. The molecule has 8 nitrogen and oxygen atoms in total. The Balaban J connectivity index is 1.88. The van der Waals surface area contributed by atoms with E-state index in [1.807, 2.05) is 14.0 Å². The maximum absolute atomic E-state index is 13.1. The second-order valence-electron chi connectivity index (χ2n) is 7.46. The zero-order valence-electron chi connectivity index (χ0n) is 19.5. The molecule has 9 heteroatoms. The van der Waals surface area contributed by atoms with Crippen molar-refractivity contribution in [2.75, 3.05) is 31.3 Å².